The van der Waals surface area contributed by atoms with Crippen molar-refractivity contribution in [3.63, 3.8) is 0 Å². The lowest BCUT2D eigenvalue weighted by atomic mass is 10.0. The lowest BCUT2D eigenvalue weighted by molar-refractivity contribution is 0.361. The molecule has 0 saturated heterocycles. The second-order valence-corrected chi connectivity index (χ2v) is 7.74. The van der Waals surface area contributed by atoms with Crippen LogP contribution in [0.15, 0.2) is 0 Å². The molecule has 0 rings (SSSR count). The molecule has 0 fully saturated rings. The van der Waals surface area contributed by atoms with E-state index in [-0.39, 0.29) is 0 Å². The Balaban J connectivity index is 3.12. The molecule has 0 unspecified atom stereocenters. The number of hydrogen-bond donors (Lipinski definition) is 0. The zero-order valence-corrected chi connectivity index (χ0v) is 17.5. The molecule has 0 bridgehead atoms. The fraction of sp³-hybridized carbons (Fsp3) is 0.957. The SMILES string of the molecule is CCCCCCCCCCCCCCCCCCN([C]=O)CCCC. The summed E-state index contributed by atoms with van der Waals surface area (Å²) in [6.07, 6.45) is 26.6. The lowest BCUT2D eigenvalue weighted by Gasteiger charge is -2.15. The molecular formula is C23H46NO. The molecule has 0 aliphatic carbocycles. The summed E-state index contributed by atoms with van der Waals surface area (Å²) in [6, 6.07) is 0. The number of nitrogens with zero attached hydrogens (tertiary/aromatic N) is 1. The molecule has 0 aliphatic heterocycles. The average molecular weight is 353 g/mol. The van der Waals surface area contributed by atoms with Gasteiger partial charge in [0.15, 0.2) is 0 Å². The number of hydrogen-bond acceptors (Lipinski definition) is 1. The standard InChI is InChI=1S/C23H46NO/c1-3-5-7-8-9-10-11-12-13-14-15-16-17-18-19-20-22-24(23-25)21-6-4-2/h3-22H2,1-2H3. The van der Waals surface area contributed by atoms with E-state index < -0.39 is 0 Å². The summed E-state index contributed by atoms with van der Waals surface area (Å²) in [6.45, 7) is 6.24. The average Bonchev–Trinajstić information content (AvgIpc) is 2.63. The van der Waals surface area contributed by atoms with Crippen LogP contribution in [0.4, 0.5) is 0 Å². The predicted octanol–water partition coefficient (Wildman–Crippen LogP) is 7.42. The minimum atomic E-state index is 0.888. The van der Waals surface area contributed by atoms with Gasteiger partial charge in [0.1, 0.15) is 0 Å². The summed E-state index contributed by atoms with van der Waals surface area (Å²) in [7, 11) is 0. The number of carbonyl (C=O) groups excluding carboxylic acids is 1. The molecule has 0 aromatic rings. The third kappa shape index (κ3) is 19.6. The molecule has 0 atom stereocenters. The first-order chi connectivity index (χ1) is 12.3. The van der Waals surface area contributed by atoms with Crippen LogP contribution in [0.3, 0.4) is 0 Å². The lowest BCUT2D eigenvalue weighted by Crippen LogP contribution is -2.24. The van der Waals surface area contributed by atoms with Crippen LogP contribution in [-0.2, 0) is 4.79 Å². The number of unbranched alkanes of at least 4 members (excludes halogenated alkanes) is 16. The highest BCUT2D eigenvalue weighted by atomic mass is 16.1. The van der Waals surface area contributed by atoms with E-state index in [9.17, 15) is 4.79 Å². The molecule has 0 spiro atoms. The highest BCUT2D eigenvalue weighted by Crippen LogP contribution is 2.13. The van der Waals surface area contributed by atoms with Crippen LogP contribution in [0, 0.1) is 0 Å². The van der Waals surface area contributed by atoms with E-state index in [1.54, 1.807) is 0 Å². The van der Waals surface area contributed by atoms with Gasteiger partial charge < -0.3 is 4.90 Å². The molecule has 0 aromatic heterocycles. The Morgan fingerprint density at radius 2 is 0.800 bits per heavy atom. The molecule has 149 valence electrons. The van der Waals surface area contributed by atoms with Gasteiger partial charge in [0.2, 0.25) is 0 Å². The van der Waals surface area contributed by atoms with Gasteiger partial charge in [-0.3, -0.25) is 4.79 Å². The van der Waals surface area contributed by atoms with E-state index >= 15 is 0 Å². The fourth-order valence-corrected chi connectivity index (χ4v) is 3.40. The summed E-state index contributed by atoms with van der Waals surface area (Å²) in [5, 5.41) is 0. The van der Waals surface area contributed by atoms with Gasteiger partial charge in [-0.1, -0.05) is 117 Å². The third-order valence-corrected chi connectivity index (χ3v) is 5.19. The van der Waals surface area contributed by atoms with Crippen LogP contribution in [0.2, 0.25) is 0 Å². The van der Waals surface area contributed by atoms with Crippen LogP contribution >= 0.6 is 0 Å². The van der Waals surface area contributed by atoms with Crippen molar-refractivity contribution in [1.82, 2.24) is 4.90 Å². The molecule has 2 nitrogen and oxygen atoms in total. The Morgan fingerprint density at radius 1 is 0.480 bits per heavy atom. The van der Waals surface area contributed by atoms with Crippen molar-refractivity contribution in [2.75, 3.05) is 13.1 Å². The highest BCUT2D eigenvalue weighted by molar-refractivity contribution is 5.47. The van der Waals surface area contributed by atoms with E-state index in [2.05, 4.69) is 20.3 Å². The minimum Gasteiger partial charge on any atom is -0.334 e. The van der Waals surface area contributed by atoms with Gasteiger partial charge in [0.25, 0.3) is 0 Å². The van der Waals surface area contributed by atoms with Crippen LogP contribution < -0.4 is 0 Å². The molecular weight excluding hydrogens is 306 g/mol. The van der Waals surface area contributed by atoms with Crippen LogP contribution in [0.25, 0.3) is 0 Å². The maximum Gasteiger partial charge on any atom is 0.312 e. The normalized spacial score (nSPS) is 11.0. The van der Waals surface area contributed by atoms with Gasteiger partial charge in [-0.25, -0.2) is 0 Å². The van der Waals surface area contributed by atoms with E-state index in [1.807, 2.05) is 4.90 Å². The van der Waals surface area contributed by atoms with Crippen LogP contribution in [0.1, 0.15) is 129 Å². The van der Waals surface area contributed by atoms with Crippen molar-refractivity contribution in [2.45, 2.75) is 129 Å². The smallest absolute Gasteiger partial charge is 0.312 e. The molecule has 25 heavy (non-hydrogen) atoms. The zero-order chi connectivity index (χ0) is 18.4. The van der Waals surface area contributed by atoms with Gasteiger partial charge in [0.05, 0.1) is 0 Å². The van der Waals surface area contributed by atoms with E-state index in [0.29, 0.717) is 0 Å². The molecule has 0 saturated carbocycles. The van der Waals surface area contributed by atoms with E-state index in [1.165, 1.54) is 96.3 Å². The second kappa shape index (κ2) is 21.5. The van der Waals surface area contributed by atoms with Gasteiger partial charge in [0, 0.05) is 13.1 Å². The topological polar surface area (TPSA) is 20.3 Å². The van der Waals surface area contributed by atoms with Crippen molar-refractivity contribution in [3.8, 4) is 0 Å². The maximum absolute atomic E-state index is 10.8. The first-order valence-electron chi connectivity index (χ1n) is 11.5. The van der Waals surface area contributed by atoms with E-state index in [0.717, 1.165) is 32.4 Å². The first kappa shape index (κ1) is 24.5. The first-order valence-corrected chi connectivity index (χ1v) is 11.5. The molecule has 0 N–H and O–H groups in total. The van der Waals surface area contributed by atoms with Gasteiger partial charge in [-0.05, 0) is 12.8 Å². The molecule has 2 heteroatoms. The monoisotopic (exact) mass is 352 g/mol. The third-order valence-electron chi connectivity index (χ3n) is 5.19. The Kier molecular flexibility index (Phi) is 21.1. The summed E-state index contributed by atoms with van der Waals surface area (Å²) in [4.78, 5) is 12.6. The summed E-state index contributed by atoms with van der Waals surface area (Å²) in [5.74, 6) is 0. The summed E-state index contributed by atoms with van der Waals surface area (Å²) in [5.41, 5.74) is 0. The van der Waals surface area contributed by atoms with Crippen molar-refractivity contribution in [2.24, 2.45) is 0 Å². The quantitative estimate of drug-likeness (QED) is 0.155. The van der Waals surface area contributed by atoms with Crippen molar-refractivity contribution in [3.05, 3.63) is 0 Å². The number of amides is 1. The second-order valence-electron chi connectivity index (χ2n) is 7.74. The summed E-state index contributed by atoms with van der Waals surface area (Å²) >= 11 is 0. The maximum atomic E-state index is 10.8. The Bertz CT molecular complexity index is 254. The van der Waals surface area contributed by atoms with Crippen molar-refractivity contribution in [1.29, 1.82) is 0 Å². The van der Waals surface area contributed by atoms with Crippen LogP contribution in [0.5, 0.6) is 0 Å². The molecule has 0 heterocycles. The Labute approximate surface area is 159 Å². The molecule has 0 aliphatic rings. The highest BCUT2D eigenvalue weighted by Gasteiger charge is 2.01. The largest absolute Gasteiger partial charge is 0.334 e. The van der Waals surface area contributed by atoms with Gasteiger partial charge in [-0.15, -0.1) is 0 Å². The Morgan fingerprint density at radius 3 is 1.16 bits per heavy atom. The summed E-state index contributed by atoms with van der Waals surface area (Å²) < 4.78 is 0. The van der Waals surface area contributed by atoms with Gasteiger partial charge in [-0.2, -0.15) is 0 Å². The van der Waals surface area contributed by atoms with Crippen LogP contribution in [-0.4, -0.2) is 24.4 Å². The fourth-order valence-electron chi connectivity index (χ4n) is 3.40. The van der Waals surface area contributed by atoms with Crippen molar-refractivity contribution >= 4 is 6.41 Å². The molecule has 1 amide bonds. The molecule has 0 aromatic carbocycles. The predicted molar refractivity (Wildman–Crippen MR) is 112 cm³/mol. The van der Waals surface area contributed by atoms with E-state index in [4.69, 9.17) is 0 Å². The number of rotatable bonds is 21. The van der Waals surface area contributed by atoms with Gasteiger partial charge >= 0.3 is 6.41 Å². The molecule has 1 radical (unpaired) electrons. The zero-order valence-electron chi connectivity index (χ0n) is 17.5. The Hall–Kier alpha value is -0.530. The minimum absolute atomic E-state index is 0.888. The van der Waals surface area contributed by atoms with Crippen molar-refractivity contribution < 1.29 is 4.79 Å².